The molecule has 1 unspecified atom stereocenters. The van der Waals surface area contributed by atoms with E-state index in [1.807, 2.05) is 0 Å². The molecule has 1 rings (SSSR count). The van der Waals surface area contributed by atoms with Gasteiger partial charge in [-0.05, 0) is 23.8 Å². The first-order valence-corrected chi connectivity index (χ1v) is 5.41. The topological polar surface area (TPSA) is 37.3 Å². The Balaban J connectivity index is 2.92. The lowest BCUT2D eigenvalue weighted by molar-refractivity contribution is -0.133. The molecular formula is C11H15BrO2. The maximum Gasteiger partial charge on any atom is 0.331 e. The zero-order chi connectivity index (χ0) is 10.9. The number of carbonyl (C=O) groups is 1. The molecule has 0 aromatic rings. The zero-order valence-corrected chi connectivity index (χ0v) is 10.3. The van der Waals surface area contributed by atoms with Crippen LogP contribution in [0.1, 0.15) is 27.2 Å². The van der Waals surface area contributed by atoms with Crippen LogP contribution in [-0.4, -0.2) is 11.1 Å². The molecule has 2 nitrogen and oxygen atoms in total. The predicted octanol–water partition coefficient (Wildman–Crippen LogP) is 3.34. The summed E-state index contributed by atoms with van der Waals surface area (Å²) < 4.78 is 0.876. The second-order valence-corrected chi connectivity index (χ2v) is 5.62. The average molecular weight is 259 g/mol. The van der Waals surface area contributed by atoms with Gasteiger partial charge in [0.15, 0.2) is 0 Å². The van der Waals surface area contributed by atoms with Crippen LogP contribution in [0.5, 0.6) is 0 Å². The van der Waals surface area contributed by atoms with Gasteiger partial charge in [-0.2, -0.15) is 0 Å². The third-order valence-corrected chi connectivity index (χ3v) is 2.99. The molecule has 1 aliphatic rings. The first-order chi connectivity index (χ1) is 6.30. The molecule has 78 valence electrons. The quantitative estimate of drug-likeness (QED) is 0.784. The Kier molecular flexibility index (Phi) is 3.20. The van der Waals surface area contributed by atoms with E-state index in [4.69, 9.17) is 5.11 Å². The first-order valence-electron chi connectivity index (χ1n) is 4.62. The van der Waals surface area contributed by atoms with Gasteiger partial charge in [0.1, 0.15) is 0 Å². The smallest absolute Gasteiger partial charge is 0.331 e. The van der Waals surface area contributed by atoms with Crippen LogP contribution in [0.3, 0.4) is 0 Å². The second kappa shape index (κ2) is 3.89. The molecule has 0 heterocycles. The minimum atomic E-state index is -0.815. The van der Waals surface area contributed by atoms with E-state index in [1.54, 1.807) is 6.08 Å². The number of hydrogen-bond donors (Lipinski definition) is 1. The number of carboxylic acids is 1. The molecular weight excluding hydrogens is 244 g/mol. The van der Waals surface area contributed by atoms with Crippen LogP contribution in [-0.2, 0) is 4.79 Å². The predicted molar refractivity (Wildman–Crippen MR) is 60.3 cm³/mol. The number of halogens is 1. The summed E-state index contributed by atoms with van der Waals surface area (Å²) in [7, 11) is 0. The van der Waals surface area contributed by atoms with Gasteiger partial charge in [0, 0.05) is 10.1 Å². The van der Waals surface area contributed by atoms with Gasteiger partial charge in [0.25, 0.3) is 0 Å². The highest BCUT2D eigenvalue weighted by Crippen LogP contribution is 2.37. The third-order valence-electron chi connectivity index (χ3n) is 2.50. The Morgan fingerprint density at radius 2 is 2.14 bits per heavy atom. The molecule has 1 aliphatic carbocycles. The summed E-state index contributed by atoms with van der Waals surface area (Å²) in [6, 6.07) is 0. The summed E-state index contributed by atoms with van der Waals surface area (Å²) in [5.41, 5.74) is 0.591. The molecule has 0 fully saturated rings. The van der Waals surface area contributed by atoms with E-state index < -0.39 is 5.97 Å². The van der Waals surface area contributed by atoms with Crippen LogP contribution in [0.2, 0.25) is 0 Å². The summed E-state index contributed by atoms with van der Waals surface area (Å²) in [5, 5.41) is 8.92. The number of allylic oxidation sites excluding steroid dienone is 3. The van der Waals surface area contributed by atoms with Crippen LogP contribution >= 0.6 is 15.9 Å². The number of carboxylic acid groups (broad SMARTS) is 1. The Morgan fingerprint density at radius 3 is 2.57 bits per heavy atom. The lowest BCUT2D eigenvalue weighted by atomic mass is 9.75. The van der Waals surface area contributed by atoms with Crippen molar-refractivity contribution in [2.24, 2.45) is 11.3 Å². The Labute approximate surface area is 92.8 Å². The van der Waals surface area contributed by atoms with Gasteiger partial charge in [-0.25, -0.2) is 4.79 Å². The average Bonchev–Trinajstić information content (AvgIpc) is 2.01. The Morgan fingerprint density at radius 1 is 1.57 bits per heavy atom. The molecule has 0 spiro atoms. The van der Waals surface area contributed by atoms with E-state index in [0.29, 0.717) is 12.0 Å². The first kappa shape index (κ1) is 11.5. The minimum Gasteiger partial charge on any atom is -0.478 e. The van der Waals surface area contributed by atoms with Crippen LogP contribution in [0.25, 0.3) is 0 Å². The van der Waals surface area contributed by atoms with Gasteiger partial charge in [0.2, 0.25) is 0 Å². The van der Waals surface area contributed by atoms with Crippen molar-refractivity contribution in [1.82, 2.24) is 0 Å². The van der Waals surface area contributed by atoms with E-state index >= 15 is 0 Å². The number of aliphatic carboxylic acids is 1. The fourth-order valence-electron chi connectivity index (χ4n) is 1.47. The van der Waals surface area contributed by atoms with Gasteiger partial charge >= 0.3 is 5.97 Å². The highest BCUT2D eigenvalue weighted by molar-refractivity contribution is 9.11. The normalized spacial score (nSPS) is 22.7. The summed E-state index contributed by atoms with van der Waals surface area (Å²) in [4.78, 5) is 10.9. The highest BCUT2D eigenvalue weighted by atomic mass is 79.9. The highest BCUT2D eigenvalue weighted by Gasteiger charge is 2.28. The molecule has 14 heavy (non-hydrogen) atoms. The molecule has 0 bridgehead atoms. The van der Waals surface area contributed by atoms with Crippen molar-refractivity contribution in [2.45, 2.75) is 27.2 Å². The van der Waals surface area contributed by atoms with E-state index in [1.165, 1.54) is 0 Å². The van der Waals surface area contributed by atoms with Crippen LogP contribution in [0.15, 0.2) is 22.2 Å². The van der Waals surface area contributed by atoms with Gasteiger partial charge in [-0.15, -0.1) is 0 Å². The fourth-order valence-corrected chi connectivity index (χ4v) is 2.06. The van der Waals surface area contributed by atoms with E-state index in [2.05, 4.69) is 42.8 Å². The number of rotatable bonds is 1. The van der Waals surface area contributed by atoms with Crippen LogP contribution < -0.4 is 0 Å². The van der Waals surface area contributed by atoms with Crippen molar-refractivity contribution in [2.75, 3.05) is 0 Å². The summed E-state index contributed by atoms with van der Waals surface area (Å²) in [6.07, 6.45) is 4.39. The maximum atomic E-state index is 10.9. The van der Waals surface area contributed by atoms with Crippen LogP contribution in [0.4, 0.5) is 0 Å². The second-order valence-electron chi connectivity index (χ2n) is 4.70. The monoisotopic (exact) mass is 258 g/mol. The molecule has 0 aromatic heterocycles. The molecule has 3 heteroatoms. The van der Waals surface area contributed by atoms with Gasteiger partial charge < -0.3 is 5.11 Å². The molecule has 0 saturated carbocycles. The summed E-state index contributed by atoms with van der Waals surface area (Å²) in [6.45, 7) is 6.37. The third kappa shape index (κ3) is 2.71. The van der Waals surface area contributed by atoms with Crippen molar-refractivity contribution in [3.8, 4) is 0 Å². The van der Waals surface area contributed by atoms with Crippen molar-refractivity contribution in [3.05, 3.63) is 22.2 Å². The molecule has 1 N–H and O–H groups in total. The standard InChI is InChI=1S/C11H15BrO2/c1-11(2,3)8-4-7(10(13)14)5-9(12)6-8/h5-6,8H,4H2,1-3H3,(H,13,14). The summed E-state index contributed by atoms with van der Waals surface area (Å²) >= 11 is 3.35. The van der Waals surface area contributed by atoms with Gasteiger partial charge in [0.05, 0.1) is 0 Å². The van der Waals surface area contributed by atoms with E-state index in [0.717, 1.165) is 4.48 Å². The SMILES string of the molecule is CC(C)(C)C1C=C(Br)C=C(C(=O)O)C1. The van der Waals surface area contributed by atoms with Crippen molar-refractivity contribution >= 4 is 21.9 Å². The molecule has 0 radical (unpaired) electrons. The Hall–Kier alpha value is -0.570. The summed E-state index contributed by atoms with van der Waals surface area (Å²) in [5.74, 6) is -0.530. The van der Waals surface area contributed by atoms with Crippen molar-refractivity contribution in [3.63, 3.8) is 0 Å². The van der Waals surface area contributed by atoms with Crippen molar-refractivity contribution < 1.29 is 9.90 Å². The minimum absolute atomic E-state index is 0.105. The molecule has 0 aromatic carbocycles. The molecule has 0 amide bonds. The zero-order valence-electron chi connectivity index (χ0n) is 8.67. The maximum absolute atomic E-state index is 10.9. The van der Waals surface area contributed by atoms with Crippen LogP contribution in [0, 0.1) is 11.3 Å². The lowest BCUT2D eigenvalue weighted by Gasteiger charge is -2.30. The van der Waals surface area contributed by atoms with E-state index in [-0.39, 0.29) is 11.3 Å². The Bertz CT molecular complexity index is 308. The molecule has 0 saturated heterocycles. The van der Waals surface area contributed by atoms with Gasteiger partial charge in [-0.3, -0.25) is 0 Å². The van der Waals surface area contributed by atoms with E-state index in [9.17, 15) is 4.79 Å². The lowest BCUT2D eigenvalue weighted by Crippen LogP contribution is -2.22. The van der Waals surface area contributed by atoms with Crippen molar-refractivity contribution in [1.29, 1.82) is 0 Å². The molecule has 1 atom stereocenters. The number of hydrogen-bond acceptors (Lipinski definition) is 1. The largest absolute Gasteiger partial charge is 0.478 e. The van der Waals surface area contributed by atoms with Gasteiger partial charge in [-0.1, -0.05) is 42.8 Å². The fraction of sp³-hybridized carbons (Fsp3) is 0.545. The molecule has 0 aliphatic heterocycles.